The zero-order chi connectivity index (χ0) is 16.1. The van der Waals surface area contributed by atoms with Crippen molar-refractivity contribution in [2.45, 2.75) is 0 Å². The Bertz CT molecular complexity index is 802. The first-order valence-corrected chi connectivity index (χ1v) is 6.67. The molecule has 0 unspecified atom stereocenters. The van der Waals surface area contributed by atoms with E-state index in [2.05, 4.69) is 25.6 Å². The lowest BCUT2D eigenvalue weighted by Gasteiger charge is -1.97. The van der Waals surface area contributed by atoms with Crippen molar-refractivity contribution in [3.05, 3.63) is 59.7 Å². The normalized spacial score (nSPS) is 11.5. The van der Waals surface area contributed by atoms with Crippen molar-refractivity contribution in [3.63, 3.8) is 0 Å². The van der Waals surface area contributed by atoms with Gasteiger partial charge in [-0.25, -0.2) is 4.99 Å². The van der Waals surface area contributed by atoms with Gasteiger partial charge in [0.2, 0.25) is 0 Å². The molecule has 0 spiro atoms. The fourth-order valence-corrected chi connectivity index (χ4v) is 1.77. The summed E-state index contributed by atoms with van der Waals surface area (Å²) in [6.45, 7) is 0. The van der Waals surface area contributed by atoms with Gasteiger partial charge in [-0.1, -0.05) is 34.2 Å². The van der Waals surface area contributed by atoms with Gasteiger partial charge in [-0.2, -0.15) is 5.10 Å². The van der Waals surface area contributed by atoms with E-state index >= 15 is 0 Å². The molecule has 8 heteroatoms. The van der Waals surface area contributed by atoms with Crippen molar-refractivity contribution >= 4 is 18.4 Å². The smallest absolute Gasteiger partial charge is 0.291 e. The van der Waals surface area contributed by atoms with Gasteiger partial charge in [-0.15, -0.1) is 0 Å². The predicted octanol–water partition coefficient (Wildman–Crippen LogP) is 1.72. The summed E-state index contributed by atoms with van der Waals surface area (Å²) < 4.78 is 0. The number of phenols is 2. The van der Waals surface area contributed by atoms with Crippen LogP contribution in [0.1, 0.15) is 11.1 Å². The molecule has 3 rings (SSSR count). The number of hydrogen-bond donors (Lipinski definition) is 2. The summed E-state index contributed by atoms with van der Waals surface area (Å²) in [6, 6.07) is 13.5. The SMILES string of the molecule is Oc1ccccc1/C=N\c1nnnn1/N=C/c1ccccc1O. The van der Waals surface area contributed by atoms with Crippen LogP contribution >= 0.6 is 0 Å². The number of aliphatic imine (C=N–C) groups is 1. The predicted molar refractivity (Wildman–Crippen MR) is 84.3 cm³/mol. The van der Waals surface area contributed by atoms with Gasteiger partial charge in [0.1, 0.15) is 11.5 Å². The molecule has 0 bridgehead atoms. The molecule has 114 valence electrons. The van der Waals surface area contributed by atoms with Gasteiger partial charge in [-0.3, -0.25) is 0 Å². The molecule has 2 N–H and O–H groups in total. The van der Waals surface area contributed by atoms with Crippen LogP contribution in [0.15, 0.2) is 58.6 Å². The third kappa shape index (κ3) is 3.38. The molecule has 23 heavy (non-hydrogen) atoms. The van der Waals surface area contributed by atoms with Gasteiger partial charge in [-0.05, 0) is 34.7 Å². The first-order chi connectivity index (χ1) is 11.2. The van der Waals surface area contributed by atoms with Gasteiger partial charge in [0.25, 0.3) is 5.95 Å². The number of nitrogens with zero attached hydrogens (tertiary/aromatic N) is 6. The fraction of sp³-hybridized carbons (Fsp3) is 0. The highest BCUT2D eigenvalue weighted by atomic mass is 16.3. The Kier molecular flexibility index (Phi) is 4.05. The zero-order valence-electron chi connectivity index (χ0n) is 11.9. The summed E-state index contributed by atoms with van der Waals surface area (Å²) in [5.74, 6) is 0.344. The lowest BCUT2D eigenvalue weighted by molar-refractivity contribution is 0.474. The number of rotatable bonds is 4. The first-order valence-electron chi connectivity index (χ1n) is 6.67. The van der Waals surface area contributed by atoms with Gasteiger partial charge >= 0.3 is 0 Å². The van der Waals surface area contributed by atoms with Gasteiger partial charge in [0.15, 0.2) is 0 Å². The number of hydrogen-bond acceptors (Lipinski definition) is 7. The van der Waals surface area contributed by atoms with E-state index in [9.17, 15) is 10.2 Å². The highest BCUT2D eigenvalue weighted by Gasteiger charge is 2.03. The Hall–Kier alpha value is -3.55. The molecule has 0 saturated carbocycles. The monoisotopic (exact) mass is 308 g/mol. The summed E-state index contributed by atoms with van der Waals surface area (Å²) in [7, 11) is 0. The summed E-state index contributed by atoms with van der Waals surface area (Å²) in [5, 5.41) is 34.4. The largest absolute Gasteiger partial charge is 0.507 e. The van der Waals surface area contributed by atoms with E-state index < -0.39 is 0 Å². The maximum Gasteiger partial charge on any atom is 0.291 e. The van der Waals surface area contributed by atoms with Crippen LogP contribution in [0.5, 0.6) is 11.5 Å². The number of aromatic nitrogens is 4. The molecule has 3 aromatic rings. The van der Waals surface area contributed by atoms with Crippen LogP contribution in [0, 0.1) is 0 Å². The van der Waals surface area contributed by atoms with E-state index in [4.69, 9.17) is 0 Å². The number of benzene rings is 2. The average molecular weight is 308 g/mol. The number of phenolic OH excluding ortho intramolecular Hbond substituents is 2. The zero-order valence-corrected chi connectivity index (χ0v) is 11.9. The summed E-state index contributed by atoms with van der Waals surface area (Å²) in [6.07, 6.45) is 2.86. The number of aromatic hydroxyl groups is 2. The van der Waals surface area contributed by atoms with Crippen molar-refractivity contribution in [1.82, 2.24) is 20.3 Å². The van der Waals surface area contributed by atoms with E-state index in [1.54, 1.807) is 48.5 Å². The summed E-state index contributed by atoms with van der Waals surface area (Å²) >= 11 is 0. The molecular formula is C15H12N6O2. The fourth-order valence-electron chi connectivity index (χ4n) is 1.77. The third-order valence-corrected chi connectivity index (χ3v) is 2.94. The minimum atomic E-state index is 0.101. The van der Waals surface area contributed by atoms with Crippen LogP contribution in [0.2, 0.25) is 0 Å². The molecule has 0 fully saturated rings. The van der Waals surface area contributed by atoms with Crippen LogP contribution in [0.25, 0.3) is 0 Å². The topological polar surface area (TPSA) is 109 Å². The molecule has 0 saturated heterocycles. The maximum atomic E-state index is 9.68. The van der Waals surface area contributed by atoms with Crippen molar-refractivity contribution in [2.75, 3.05) is 0 Å². The van der Waals surface area contributed by atoms with Crippen LogP contribution in [0.4, 0.5) is 5.95 Å². The van der Waals surface area contributed by atoms with E-state index in [-0.39, 0.29) is 17.4 Å². The minimum Gasteiger partial charge on any atom is -0.507 e. The molecule has 0 atom stereocenters. The van der Waals surface area contributed by atoms with Gasteiger partial charge in [0.05, 0.1) is 6.21 Å². The second-order valence-electron chi connectivity index (χ2n) is 4.49. The van der Waals surface area contributed by atoms with Crippen molar-refractivity contribution in [1.29, 1.82) is 0 Å². The second kappa shape index (κ2) is 6.48. The molecule has 8 nitrogen and oxygen atoms in total. The van der Waals surface area contributed by atoms with E-state index in [1.165, 1.54) is 12.4 Å². The molecule has 0 aliphatic carbocycles. The second-order valence-corrected chi connectivity index (χ2v) is 4.49. The lowest BCUT2D eigenvalue weighted by Crippen LogP contribution is -1.94. The minimum absolute atomic E-state index is 0.101. The molecule has 0 aliphatic rings. The highest BCUT2D eigenvalue weighted by Crippen LogP contribution is 2.15. The summed E-state index contributed by atoms with van der Waals surface area (Å²) in [5.41, 5.74) is 1.06. The van der Waals surface area contributed by atoms with Gasteiger partial charge < -0.3 is 10.2 Å². The Morgan fingerprint density at radius 3 is 2.13 bits per heavy atom. The van der Waals surface area contributed by atoms with Crippen LogP contribution in [-0.4, -0.2) is 43.0 Å². The Morgan fingerprint density at radius 1 is 0.870 bits per heavy atom. The standard InChI is InChI=1S/C15H12N6O2/c22-13-7-3-1-5-11(13)9-16-15-18-19-20-21(15)17-10-12-6-2-4-8-14(12)23/h1-10,22-23H/b16-9-,17-10+. The Balaban J connectivity index is 1.83. The molecule has 0 aliphatic heterocycles. The Labute approximate surface area is 131 Å². The molecule has 0 amide bonds. The molecule has 1 heterocycles. The van der Waals surface area contributed by atoms with Gasteiger partial charge in [0, 0.05) is 17.3 Å². The lowest BCUT2D eigenvalue weighted by atomic mass is 10.2. The van der Waals surface area contributed by atoms with Crippen LogP contribution in [-0.2, 0) is 0 Å². The van der Waals surface area contributed by atoms with E-state index in [1.807, 2.05) is 0 Å². The van der Waals surface area contributed by atoms with E-state index in [0.29, 0.717) is 11.1 Å². The van der Waals surface area contributed by atoms with Crippen molar-refractivity contribution < 1.29 is 10.2 Å². The molecule has 2 aromatic carbocycles. The first kappa shape index (κ1) is 14.4. The quantitative estimate of drug-likeness (QED) is 0.713. The maximum absolute atomic E-state index is 9.68. The van der Waals surface area contributed by atoms with Crippen molar-refractivity contribution in [2.24, 2.45) is 10.1 Å². The Morgan fingerprint density at radius 2 is 1.48 bits per heavy atom. The average Bonchev–Trinajstić information content (AvgIpc) is 3.01. The van der Waals surface area contributed by atoms with Crippen LogP contribution in [0.3, 0.4) is 0 Å². The van der Waals surface area contributed by atoms with Crippen molar-refractivity contribution in [3.8, 4) is 11.5 Å². The number of tetrazole rings is 1. The number of para-hydroxylation sites is 2. The molecule has 1 aromatic heterocycles. The molecule has 0 radical (unpaired) electrons. The third-order valence-electron chi connectivity index (χ3n) is 2.94. The highest BCUT2D eigenvalue weighted by molar-refractivity contribution is 5.85. The molecular weight excluding hydrogens is 296 g/mol. The van der Waals surface area contributed by atoms with E-state index in [0.717, 1.165) is 4.79 Å². The summed E-state index contributed by atoms with van der Waals surface area (Å²) in [4.78, 5) is 5.21. The van der Waals surface area contributed by atoms with Crippen LogP contribution < -0.4 is 0 Å².